The number of esters is 3. The Bertz CT molecular complexity index is 1580. The van der Waals surface area contributed by atoms with Crippen molar-refractivity contribution in [2.75, 3.05) is 47.5 Å². The molecule has 3 fully saturated rings. The van der Waals surface area contributed by atoms with Crippen molar-refractivity contribution in [3.8, 4) is 0 Å². The third-order valence-corrected chi connectivity index (χ3v) is 17.7. The van der Waals surface area contributed by atoms with Crippen LogP contribution in [0.5, 0.6) is 0 Å². The molecule has 0 amide bonds. The predicted molar refractivity (Wildman–Crippen MR) is 266 cm³/mol. The van der Waals surface area contributed by atoms with Gasteiger partial charge in [-0.1, -0.05) is 150 Å². The topological polar surface area (TPSA) is 137 Å². The zero-order valence-corrected chi connectivity index (χ0v) is 45.0. The van der Waals surface area contributed by atoms with Crippen LogP contribution in [0.3, 0.4) is 0 Å². The van der Waals surface area contributed by atoms with Crippen LogP contribution in [0.4, 0.5) is 0 Å². The van der Waals surface area contributed by atoms with E-state index in [1.54, 1.807) is 0 Å². The van der Waals surface area contributed by atoms with E-state index < -0.39 is 38.4 Å². The maximum Gasteiger partial charge on any atom is 0.306 e. The van der Waals surface area contributed by atoms with Crippen molar-refractivity contribution in [2.45, 2.75) is 227 Å². The lowest BCUT2D eigenvalue weighted by molar-refractivity contribution is -0.870. The molecule has 0 saturated heterocycles. The number of ether oxygens (including phenoxy) is 3. The molecular formula is C55H98NO10P. The average Bonchev–Trinajstić information content (AvgIpc) is 3.62. The van der Waals surface area contributed by atoms with Crippen molar-refractivity contribution in [3.05, 3.63) is 11.6 Å². The minimum Gasteiger partial charge on any atom is -0.756 e. The number of carbonyl (C=O) groups is 3. The zero-order valence-electron chi connectivity index (χ0n) is 44.1. The monoisotopic (exact) mass is 964 g/mol. The maximum absolute atomic E-state index is 13.2. The molecule has 388 valence electrons. The van der Waals surface area contributed by atoms with E-state index in [9.17, 15) is 23.8 Å². The molecule has 0 aromatic carbocycles. The third kappa shape index (κ3) is 19.4. The second-order valence-corrected chi connectivity index (χ2v) is 24.9. The molecule has 0 aromatic rings. The molecule has 3 saturated carbocycles. The molecule has 0 spiro atoms. The van der Waals surface area contributed by atoms with Crippen LogP contribution in [0.25, 0.3) is 0 Å². The maximum atomic E-state index is 13.2. The molecule has 4 aliphatic carbocycles. The van der Waals surface area contributed by atoms with Gasteiger partial charge in [0.25, 0.3) is 7.82 Å². The number of fused-ring (bicyclic) bond motifs is 5. The van der Waals surface area contributed by atoms with Crippen molar-refractivity contribution < 1.29 is 51.6 Å². The van der Waals surface area contributed by atoms with Gasteiger partial charge in [0, 0.05) is 12.8 Å². The van der Waals surface area contributed by atoms with Gasteiger partial charge in [-0.05, 0) is 97.7 Å². The number of rotatable bonds is 33. The van der Waals surface area contributed by atoms with Crippen molar-refractivity contribution in [1.82, 2.24) is 0 Å². The molecule has 0 aliphatic heterocycles. The summed E-state index contributed by atoms with van der Waals surface area (Å²) >= 11 is 0. The number of nitrogens with zero attached hydrogens (tertiary/aromatic N) is 1. The fourth-order valence-electron chi connectivity index (χ4n) is 12.7. The Labute approximate surface area is 408 Å². The summed E-state index contributed by atoms with van der Waals surface area (Å²) in [5, 5.41) is 0. The van der Waals surface area contributed by atoms with E-state index in [1.807, 2.05) is 21.1 Å². The SMILES string of the molecule is CCCCCCCCCCCCCCCC(=O)OCC(COP(=O)([O-])OCC[N+](C)(C)C)OC(=O)CCC(=O)O[C@H]1CC[C@@]2(C)C(=CC[C@H]3[C@@H]4CC[C@H]([C@H](C)CCCC(C)C)[C@@]4(C)CC[C@@H]32)C1. The second-order valence-electron chi connectivity index (χ2n) is 23.5. The van der Waals surface area contributed by atoms with Gasteiger partial charge >= 0.3 is 17.9 Å². The Morgan fingerprint density at radius 2 is 1.39 bits per heavy atom. The number of likely N-dealkylation sites (N-methyl/N-ethyl adjacent to an activating group) is 1. The van der Waals surface area contributed by atoms with Crippen LogP contribution in [0.1, 0.15) is 215 Å². The molecule has 10 atom stereocenters. The highest BCUT2D eigenvalue weighted by Crippen LogP contribution is 2.67. The molecule has 4 aliphatic rings. The van der Waals surface area contributed by atoms with Crippen LogP contribution in [0, 0.1) is 46.3 Å². The Hall–Kier alpha value is -1.78. The molecular weight excluding hydrogens is 866 g/mol. The summed E-state index contributed by atoms with van der Waals surface area (Å²) in [6.45, 7) is 14.0. The van der Waals surface area contributed by atoms with Crippen molar-refractivity contribution in [3.63, 3.8) is 0 Å². The first-order valence-electron chi connectivity index (χ1n) is 27.4. The first-order chi connectivity index (χ1) is 31.8. The highest BCUT2D eigenvalue weighted by Gasteiger charge is 2.59. The van der Waals surface area contributed by atoms with E-state index >= 15 is 0 Å². The van der Waals surface area contributed by atoms with Crippen molar-refractivity contribution in [1.29, 1.82) is 0 Å². The van der Waals surface area contributed by atoms with Crippen molar-refractivity contribution >= 4 is 25.7 Å². The molecule has 0 N–H and O–H groups in total. The van der Waals surface area contributed by atoms with Gasteiger partial charge in [0.15, 0.2) is 6.10 Å². The van der Waals surface area contributed by atoms with Crippen LogP contribution in [0.2, 0.25) is 0 Å². The number of allylic oxidation sites excluding steroid dienone is 1. The summed E-state index contributed by atoms with van der Waals surface area (Å²) < 4.78 is 40.2. The van der Waals surface area contributed by atoms with Crippen LogP contribution >= 0.6 is 7.82 Å². The Kier molecular flexibility index (Phi) is 24.4. The fourth-order valence-corrected chi connectivity index (χ4v) is 13.5. The van der Waals surface area contributed by atoms with Gasteiger partial charge in [0.2, 0.25) is 0 Å². The second kappa shape index (κ2) is 28.3. The molecule has 11 nitrogen and oxygen atoms in total. The lowest BCUT2D eigenvalue weighted by atomic mass is 9.47. The van der Waals surface area contributed by atoms with Gasteiger partial charge < -0.3 is 32.6 Å². The van der Waals surface area contributed by atoms with Gasteiger partial charge in [-0.15, -0.1) is 0 Å². The van der Waals surface area contributed by atoms with E-state index in [1.165, 1.54) is 108 Å². The number of hydrogen-bond donors (Lipinski definition) is 0. The van der Waals surface area contributed by atoms with Crippen LogP contribution in [-0.2, 0) is 42.2 Å². The van der Waals surface area contributed by atoms with Crippen LogP contribution in [0.15, 0.2) is 11.6 Å². The number of hydrogen-bond acceptors (Lipinski definition) is 10. The summed E-state index contributed by atoms with van der Waals surface area (Å²) in [6, 6.07) is 0. The molecule has 12 heteroatoms. The molecule has 67 heavy (non-hydrogen) atoms. The molecule has 0 radical (unpaired) electrons. The van der Waals surface area contributed by atoms with Crippen molar-refractivity contribution in [2.24, 2.45) is 46.3 Å². The quantitative estimate of drug-likeness (QED) is 0.0156. The Morgan fingerprint density at radius 1 is 0.746 bits per heavy atom. The average molecular weight is 964 g/mol. The number of quaternary nitrogens is 1. The van der Waals surface area contributed by atoms with E-state index in [0.717, 1.165) is 74.5 Å². The first kappa shape index (κ1) is 57.8. The first-order valence-corrected chi connectivity index (χ1v) is 28.9. The minimum atomic E-state index is -4.73. The van der Waals surface area contributed by atoms with E-state index in [0.29, 0.717) is 28.8 Å². The number of phosphoric ester groups is 1. The largest absolute Gasteiger partial charge is 0.756 e. The summed E-state index contributed by atoms with van der Waals surface area (Å²) in [6.07, 6.45) is 29.5. The van der Waals surface area contributed by atoms with Gasteiger partial charge in [-0.25, -0.2) is 0 Å². The number of unbranched alkanes of at least 4 members (excludes halogenated alkanes) is 12. The minimum absolute atomic E-state index is 0.0812. The zero-order chi connectivity index (χ0) is 49.1. The Morgan fingerprint density at radius 3 is 2.03 bits per heavy atom. The summed E-state index contributed by atoms with van der Waals surface area (Å²) in [5.74, 6) is 2.95. The lowest BCUT2D eigenvalue weighted by Gasteiger charge is -2.58. The molecule has 0 heterocycles. The molecule has 0 bridgehead atoms. The van der Waals surface area contributed by atoms with E-state index in [4.69, 9.17) is 23.3 Å². The van der Waals surface area contributed by atoms with E-state index in [-0.39, 0.29) is 44.0 Å². The Balaban J connectivity index is 1.20. The normalized spacial score (nSPS) is 27.8. The van der Waals surface area contributed by atoms with Crippen LogP contribution in [-0.4, -0.2) is 82.1 Å². The third-order valence-electron chi connectivity index (χ3n) is 16.7. The van der Waals surface area contributed by atoms with E-state index in [2.05, 4.69) is 47.6 Å². The highest BCUT2D eigenvalue weighted by atomic mass is 31.2. The molecule has 4 rings (SSSR count). The summed E-state index contributed by atoms with van der Waals surface area (Å²) in [4.78, 5) is 51.5. The number of phosphoric acid groups is 1. The van der Waals surface area contributed by atoms with Crippen LogP contribution < -0.4 is 4.89 Å². The molecule has 0 aromatic heterocycles. The lowest BCUT2D eigenvalue weighted by Crippen LogP contribution is -2.51. The number of carbonyl (C=O) groups excluding carboxylic acids is 3. The summed E-state index contributed by atoms with van der Waals surface area (Å²) in [7, 11) is 1.00. The van der Waals surface area contributed by atoms with Gasteiger partial charge in [0.05, 0.1) is 40.6 Å². The smallest absolute Gasteiger partial charge is 0.306 e. The predicted octanol–water partition coefficient (Wildman–Crippen LogP) is 12.9. The fraction of sp³-hybridized carbons (Fsp3) is 0.909. The van der Waals surface area contributed by atoms with Gasteiger partial charge in [0.1, 0.15) is 25.9 Å². The highest BCUT2D eigenvalue weighted by molar-refractivity contribution is 7.45. The van der Waals surface area contributed by atoms with Gasteiger partial charge in [-0.2, -0.15) is 0 Å². The summed E-state index contributed by atoms with van der Waals surface area (Å²) in [5.41, 5.74) is 2.02. The molecule has 2 unspecified atom stereocenters. The van der Waals surface area contributed by atoms with Gasteiger partial charge in [-0.3, -0.25) is 18.9 Å². The standard InChI is InChI=1S/C55H98NO10P/c1-10-11-12-13-14-15-16-17-18-19-20-21-22-26-51(57)62-40-46(41-64-67(60,61)63-38-37-56(7,8)9)66-53(59)32-31-52(58)65-45-33-35-54(5)44(39-45)27-28-47-49-30-29-48(43(4)25-23-24-42(2)3)55(49,6)36-34-50(47)54/h27,42-43,45-50H,10-26,28-41H2,1-9H3/t43-,45+,46?,47+,48-,49+,50+,54+,55-/m1/s1.